The molecule has 0 aliphatic rings. The Morgan fingerprint density at radius 2 is 1.77 bits per heavy atom. The molecule has 0 spiro atoms. The fraction of sp³-hybridized carbons (Fsp3) is 0.294. The molecular weight excluding hydrogens is 337 g/mol. The summed E-state index contributed by atoms with van der Waals surface area (Å²) < 4.78 is 11.4. The molecule has 2 atom stereocenters. The maximum Gasteiger partial charge on any atom is 0.0498 e. The van der Waals surface area contributed by atoms with Gasteiger partial charge in [0.2, 0.25) is 0 Å². The standard InChI is InChI=1S/C17H19Cl2NOS/c1-12(13-5-8-16(9-6-13)22(3)21)20(2)11-14-4-7-15(18)10-17(14)19/h4-10,12H,11H2,1-3H3/t12-,22-/m1/s1. The minimum absolute atomic E-state index is 0.228. The zero-order chi connectivity index (χ0) is 16.3. The SMILES string of the molecule is C[C@H](c1ccc([S@@](C)=O)cc1)N(C)Cc1ccc(Cl)cc1Cl. The van der Waals surface area contributed by atoms with Crippen LogP contribution in [0.3, 0.4) is 0 Å². The topological polar surface area (TPSA) is 20.3 Å². The lowest BCUT2D eigenvalue weighted by Gasteiger charge is -2.25. The third-order valence-electron chi connectivity index (χ3n) is 3.79. The summed E-state index contributed by atoms with van der Waals surface area (Å²) in [6.45, 7) is 2.88. The molecule has 22 heavy (non-hydrogen) atoms. The lowest BCUT2D eigenvalue weighted by molar-refractivity contribution is 0.253. The Kier molecular flexibility index (Phi) is 6.04. The van der Waals surface area contributed by atoms with Crippen LogP contribution in [-0.2, 0) is 17.3 Å². The minimum Gasteiger partial charge on any atom is -0.295 e. The van der Waals surface area contributed by atoms with Gasteiger partial charge in [-0.2, -0.15) is 0 Å². The second-order valence-corrected chi connectivity index (χ2v) is 7.57. The fourth-order valence-corrected chi connectivity index (χ4v) is 3.24. The fourth-order valence-electron chi connectivity index (χ4n) is 2.25. The summed E-state index contributed by atoms with van der Waals surface area (Å²) in [6, 6.07) is 13.7. The molecule has 0 aliphatic heterocycles. The summed E-state index contributed by atoms with van der Waals surface area (Å²) in [7, 11) is 1.12. The Labute approximate surface area is 144 Å². The summed E-state index contributed by atoms with van der Waals surface area (Å²) in [5.41, 5.74) is 2.23. The highest BCUT2D eigenvalue weighted by Crippen LogP contribution is 2.26. The van der Waals surface area contributed by atoms with Gasteiger partial charge in [0.1, 0.15) is 0 Å². The average Bonchev–Trinajstić information content (AvgIpc) is 2.49. The molecule has 2 rings (SSSR count). The molecule has 0 aliphatic carbocycles. The molecule has 5 heteroatoms. The third kappa shape index (κ3) is 4.32. The van der Waals surface area contributed by atoms with Crippen LogP contribution in [0, 0.1) is 0 Å². The van der Waals surface area contributed by atoms with Crippen LogP contribution in [0.15, 0.2) is 47.4 Å². The Morgan fingerprint density at radius 1 is 1.14 bits per heavy atom. The molecule has 0 N–H and O–H groups in total. The van der Waals surface area contributed by atoms with Gasteiger partial charge in [0.05, 0.1) is 0 Å². The Bertz CT molecular complexity index is 673. The predicted molar refractivity (Wildman–Crippen MR) is 95.1 cm³/mol. The van der Waals surface area contributed by atoms with E-state index >= 15 is 0 Å². The summed E-state index contributed by atoms with van der Waals surface area (Å²) >= 11 is 12.2. The van der Waals surface area contributed by atoms with Crippen LogP contribution in [0.5, 0.6) is 0 Å². The lowest BCUT2D eigenvalue weighted by Crippen LogP contribution is -2.22. The van der Waals surface area contributed by atoms with Gasteiger partial charge >= 0.3 is 0 Å². The predicted octanol–water partition coefficient (Wildman–Crippen LogP) is 4.92. The molecule has 0 aromatic heterocycles. The second-order valence-electron chi connectivity index (χ2n) is 5.35. The number of hydrogen-bond donors (Lipinski definition) is 0. The normalized spacial score (nSPS) is 14.1. The van der Waals surface area contributed by atoms with Gasteiger partial charge in [-0.25, -0.2) is 0 Å². The van der Waals surface area contributed by atoms with Crippen LogP contribution in [0.25, 0.3) is 0 Å². The molecule has 118 valence electrons. The van der Waals surface area contributed by atoms with Crippen molar-refractivity contribution in [1.29, 1.82) is 0 Å². The highest BCUT2D eigenvalue weighted by molar-refractivity contribution is 7.84. The van der Waals surface area contributed by atoms with Gasteiger partial charge in [-0.15, -0.1) is 0 Å². The zero-order valence-electron chi connectivity index (χ0n) is 12.8. The Balaban J connectivity index is 2.11. The molecule has 0 fully saturated rings. The number of hydrogen-bond acceptors (Lipinski definition) is 2. The van der Waals surface area contributed by atoms with E-state index in [0.29, 0.717) is 10.0 Å². The van der Waals surface area contributed by atoms with E-state index in [2.05, 4.69) is 18.9 Å². The van der Waals surface area contributed by atoms with Crippen LogP contribution in [0.2, 0.25) is 10.0 Å². The van der Waals surface area contributed by atoms with E-state index in [4.69, 9.17) is 23.2 Å². The van der Waals surface area contributed by atoms with Crippen molar-refractivity contribution in [2.45, 2.75) is 24.4 Å². The first-order chi connectivity index (χ1) is 10.4. The molecule has 2 aromatic rings. The maximum atomic E-state index is 11.4. The van der Waals surface area contributed by atoms with Gasteiger partial charge in [0, 0.05) is 44.6 Å². The number of nitrogens with zero attached hydrogens (tertiary/aromatic N) is 1. The number of rotatable bonds is 5. The van der Waals surface area contributed by atoms with Gasteiger partial charge in [-0.05, 0) is 49.4 Å². The van der Waals surface area contributed by atoms with E-state index in [1.54, 1.807) is 12.3 Å². The van der Waals surface area contributed by atoms with Gasteiger partial charge in [-0.3, -0.25) is 9.11 Å². The van der Waals surface area contributed by atoms with Crippen molar-refractivity contribution in [3.8, 4) is 0 Å². The van der Waals surface area contributed by atoms with Crippen molar-refractivity contribution < 1.29 is 4.21 Å². The zero-order valence-corrected chi connectivity index (χ0v) is 15.2. The molecule has 2 nitrogen and oxygen atoms in total. The summed E-state index contributed by atoms with van der Waals surface area (Å²) in [5.74, 6) is 0. The quantitative estimate of drug-likeness (QED) is 0.758. The van der Waals surface area contributed by atoms with E-state index < -0.39 is 10.8 Å². The van der Waals surface area contributed by atoms with Gasteiger partial charge in [0.25, 0.3) is 0 Å². The largest absolute Gasteiger partial charge is 0.295 e. The van der Waals surface area contributed by atoms with E-state index in [1.807, 2.05) is 36.4 Å². The molecule has 0 heterocycles. The molecule has 0 amide bonds. The van der Waals surface area contributed by atoms with Crippen molar-refractivity contribution in [3.63, 3.8) is 0 Å². The van der Waals surface area contributed by atoms with E-state index in [9.17, 15) is 4.21 Å². The van der Waals surface area contributed by atoms with E-state index in [0.717, 1.165) is 17.0 Å². The summed E-state index contributed by atoms with van der Waals surface area (Å²) in [4.78, 5) is 3.06. The molecule has 0 bridgehead atoms. The van der Waals surface area contributed by atoms with Crippen LogP contribution in [-0.4, -0.2) is 22.4 Å². The Morgan fingerprint density at radius 3 is 2.32 bits per heavy atom. The molecule has 0 saturated heterocycles. The first-order valence-corrected chi connectivity index (χ1v) is 9.27. The lowest BCUT2D eigenvalue weighted by atomic mass is 10.1. The average molecular weight is 356 g/mol. The van der Waals surface area contributed by atoms with Gasteiger partial charge in [-0.1, -0.05) is 41.4 Å². The van der Waals surface area contributed by atoms with Crippen LogP contribution in [0.4, 0.5) is 0 Å². The number of benzene rings is 2. The Hall–Kier alpha value is -0.870. The summed E-state index contributed by atoms with van der Waals surface area (Å²) in [5, 5.41) is 1.33. The smallest absolute Gasteiger partial charge is 0.0498 e. The molecule has 0 unspecified atom stereocenters. The first kappa shape index (κ1) is 17.5. The van der Waals surface area contributed by atoms with Gasteiger partial charge < -0.3 is 0 Å². The van der Waals surface area contributed by atoms with Crippen LogP contribution < -0.4 is 0 Å². The van der Waals surface area contributed by atoms with Crippen molar-refractivity contribution in [2.24, 2.45) is 0 Å². The highest BCUT2D eigenvalue weighted by atomic mass is 35.5. The van der Waals surface area contributed by atoms with E-state index in [1.165, 1.54) is 5.56 Å². The molecule has 0 saturated carbocycles. The third-order valence-corrected chi connectivity index (χ3v) is 5.31. The van der Waals surface area contributed by atoms with Crippen molar-refractivity contribution in [1.82, 2.24) is 4.90 Å². The molecule has 2 aromatic carbocycles. The van der Waals surface area contributed by atoms with Crippen molar-refractivity contribution in [2.75, 3.05) is 13.3 Å². The van der Waals surface area contributed by atoms with Crippen molar-refractivity contribution >= 4 is 34.0 Å². The maximum absolute atomic E-state index is 11.4. The van der Waals surface area contributed by atoms with Crippen LogP contribution >= 0.6 is 23.2 Å². The first-order valence-electron chi connectivity index (χ1n) is 6.96. The second kappa shape index (κ2) is 7.60. The highest BCUT2D eigenvalue weighted by Gasteiger charge is 2.14. The van der Waals surface area contributed by atoms with Crippen molar-refractivity contribution in [3.05, 3.63) is 63.6 Å². The summed E-state index contributed by atoms with van der Waals surface area (Å²) in [6.07, 6.45) is 1.69. The molecular formula is C17H19Cl2NOS. The molecule has 0 radical (unpaired) electrons. The van der Waals surface area contributed by atoms with E-state index in [-0.39, 0.29) is 6.04 Å². The minimum atomic E-state index is -0.942. The monoisotopic (exact) mass is 355 g/mol. The van der Waals surface area contributed by atoms with Crippen LogP contribution in [0.1, 0.15) is 24.1 Å². The van der Waals surface area contributed by atoms with Gasteiger partial charge in [0.15, 0.2) is 0 Å². The number of halogens is 2.